The molecule has 7 atom stereocenters. The van der Waals surface area contributed by atoms with Crippen LogP contribution in [0.3, 0.4) is 0 Å². The average molecular weight is 578 g/mol. The first-order valence-corrected chi connectivity index (χ1v) is 13.3. The molecule has 2 aliphatic rings. The molecule has 1 saturated heterocycles. The number of nitrogens with one attached hydrogen (secondary N) is 2. The fourth-order valence-corrected chi connectivity index (χ4v) is 5.98. The largest absolute Gasteiger partial charge is 0.497 e. The second-order valence-corrected chi connectivity index (χ2v) is 11.2. The summed E-state index contributed by atoms with van der Waals surface area (Å²) in [5.41, 5.74) is -4.33. The summed E-state index contributed by atoms with van der Waals surface area (Å²) in [5, 5.41) is 10.3. The molecule has 0 spiro atoms. The average Bonchev–Trinajstić information content (AvgIpc) is 3.32. The highest BCUT2D eigenvalue weighted by atomic mass is 35.5. The van der Waals surface area contributed by atoms with Crippen LogP contribution in [-0.4, -0.2) is 62.8 Å². The molecule has 2 aromatic rings. The third-order valence-electron chi connectivity index (χ3n) is 5.85. The van der Waals surface area contributed by atoms with Gasteiger partial charge in [0.2, 0.25) is 0 Å². The summed E-state index contributed by atoms with van der Waals surface area (Å²) < 4.78 is 56.9. The van der Waals surface area contributed by atoms with Crippen molar-refractivity contribution in [2.75, 3.05) is 7.11 Å². The lowest BCUT2D eigenvalue weighted by Gasteiger charge is -2.30. The highest BCUT2D eigenvalue weighted by Crippen LogP contribution is 2.67. The smallest absolute Gasteiger partial charge is 0.459 e. The maximum atomic E-state index is 15.8. The lowest BCUT2D eigenvalue weighted by atomic mass is 10.1. The highest BCUT2D eigenvalue weighted by molar-refractivity contribution is 7.52. The summed E-state index contributed by atoms with van der Waals surface area (Å²) in [7, 11) is -3.10. The van der Waals surface area contributed by atoms with Gasteiger partial charge in [0.1, 0.15) is 29.7 Å². The molecule has 38 heavy (non-hydrogen) atoms. The SMILES string of the molecule is COc1ccc(OP(=O)(N[C@@H](C)C(=O)OC(C)C)OC2[C@H]3O[C@@H](n4ccc(=O)[nH]c4=O)[C@@](F)(Cl)[C@@]23O)cc1. The predicted octanol–water partition coefficient (Wildman–Crippen LogP) is 1.59. The lowest BCUT2D eigenvalue weighted by Crippen LogP contribution is -2.47. The number of methoxy groups -OCH3 is 1. The van der Waals surface area contributed by atoms with Gasteiger partial charge in [-0.2, -0.15) is 5.09 Å². The number of hydrogen-bond donors (Lipinski definition) is 3. The van der Waals surface area contributed by atoms with Crippen molar-refractivity contribution in [1.29, 1.82) is 0 Å². The third-order valence-corrected chi connectivity index (χ3v) is 8.00. The second-order valence-electron chi connectivity index (χ2n) is 9.00. The van der Waals surface area contributed by atoms with E-state index in [1.54, 1.807) is 13.8 Å². The van der Waals surface area contributed by atoms with Crippen LogP contribution in [0.15, 0.2) is 46.1 Å². The number of halogens is 2. The van der Waals surface area contributed by atoms with Gasteiger partial charge in [0.05, 0.1) is 13.2 Å². The van der Waals surface area contributed by atoms with Crippen molar-refractivity contribution in [3.8, 4) is 11.5 Å². The summed E-state index contributed by atoms with van der Waals surface area (Å²) in [5.74, 6) is -0.273. The summed E-state index contributed by atoms with van der Waals surface area (Å²) in [6.45, 7) is 4.59. The van der Waals surface area contributed by atoms with Crippen molar-refractivity contribution in [2.45, 2.75) is 62.1 Å². The van der Waals surface area contributed by atoms with Gasteiger partial charge >= 0.3 is 19.4 Å². The molecule has 1 aromatic heterocycles. The van der Waals surface area contributed by atoms with Crippen LogP contribution in [0.2, 0.25) is 0 Å². The molecule has 16 heteroatoms. The van der Waals surface area contributed by atoms with Gasteiger partial charge in [-0.05, 0) is 45.0 Å². The number of hydrogen-bond acceptors (Lipinski definition) is 10. The number of rotatable bonds is 10. The van der Waals surface area contributed by atoms with Gasteiger partial charge in [-0.1, -0.05) is 11.6 Å². The van der Waals surface area contributed by atoms with E-state index >= 15 is 4.39 Å². The number of carbonyl (C=O) groups is 1. The molecule has 0 amide bonds. The number of alkyl halides is 2. The molecule has 2 unspecified atom stereocenters. The number of benzene rings is 1. The van der Waals surface area contributed by atoms with E-state index < -0.39 is 66.3 Å². The van der Waals surface area contributed by atoms with E-state index in [-0.39, 0.29) is 5.75 Å². The quantitative estimate of drug-likeness (QED) is 0.213. The Balaban J connectivity index is 1.58. The number of ether oxygens (including phenoxy) is 3. The van der Waals surface area contributed by atoms with E-state index in [2.05, 4.69) is 5.09 Å². The zero-order valence-corrected chi connectivity index (χ0v) is 22.3. The van der Waals surface area contributed by atoms with E-state index in [1.165, 1.54) is 38.3 Å². The summed E-state index contributed by atoms with van der Waals surface area (Å²) in [6, 6.07) is 5.57. The lowest BCUT2D eigenvalue weighted by molar-refractivity contribution is -0.149. The van der Waals surface area contributed by atoms with Gasteiger partial charge in [-0.25, -0.2) is 13.8 Å². The third kappa shape index (κ3) is 5.12. The number of H-pyrrole nitrogens is 1. The van der Waals surface area contributed by atoms with Crippen LogP contribution in [0.5, 0.6) is 11.5 Å². The molecular formula is C22H26ClFN3O10P. The Morgan fingerprint density at radius 3 is 2.39 bits per heavy atom. The van der Waals surface area contributed by atoms with Crippen LogP contribution in [0.1, 0.15) is 27.0 Å². The molecule has 3 N–H and O–H groups in total. The topological polar surface area (TPSA) is 167 Å². The number of aliphatic hydroxyl groups is 1. The molecule has 1 aromatic carbocycles. The van der Waals surface area contributed by atoms with Crippen molar-refractivity contribution >= 4 is 25.3 Å². The van der Waals surface area contributed by atoms with E-state index in [1.807, 2.05) is 4.98 Å². The molecule has 2 fully saturated rings. The van der Waals surface area contributed by atoms with Crippen LogP contribution in [0.25, 0.3) is 0 Å². The van der Waals surface area contributed by atoms with Gasteiger partial charge in [0.15, 0.2) is 11.8 Å². The molecule has 0 radical (unpaired) electrons. The molecule has 1 aliphatic carbocycles. The first kappa shape index (κ1) is 28.3. The Kier molecular flexibility index (Phi) is 7.51. The van der Waals surface area contributed by atoms with Gasteiger partial charge < -0.3 is 23.8 Å². The molecule has 1 saturated carbocycles. The molecular weight excluding hydrogens is 552 g/mol. The first-order valence-electron chi connectivity index (χ1n) is 11.4. The zero-order chi connectivity index (χ0) is 28.0. The van der Waals surface area contributed by atoms with Crippen LogP contribution in [0.4, 0.5) is 4.39 Å². The number of nitrogens with zero attached hydrogens (tertiary/aromatic N) is 1. The Morgan fingerprint density at radius 1 is 1.24 bits per heavy atom. The van der Waals surface area contributed by atoms with Crippen LogP contribution < -0.4 is 25.6 Å². The molecule has 2 heterocycles. The minimum atomic E-state index is -4.55. The maximum Gasteiger partial charge on any atom is 0.459 e. The van der Waals surface area contributed by atoms with E-state index in [0.29, 0.717) is 10.3 Å². The van der Waals surface area contributed by atoms with E-state index in [9.17, 15) is 24.1 Å². The Labute approximate surface area is 220 Å². The number of fused-ring (bicyclic) bond motifs is 1. The fraction of sp³-hybridized carbons (Fsp3) is 0.500. The van der Waals surface area contributed by atoms with Gasteiger partial charge in [0.25, 0.3) is 10.7 Å². The number of esters is 1. The summed E-state index contributed by atoms with van der Waals surface area (Å²) in [6.07, 6.45) is -4.49. The number of aromatic amines is 1. The molecule has 1 aliphatic heterocycles. The molecule has 13 nitrogen and oxygen atoms in total. The number of carbonyl (C=O) groups excluding carboxylic acids is 1. The zero-order valence-electron chi connectivity index (χ0n) is 20.6. The molecule has 4 rings (SSSR count). The van der Waals surface area contributed by atoms with E-state index in [4.69, 9.17) is 34.9 Å². The van der Waals surface area contributed by atoms with Crippen molar-refractivity contribution in [2.24, 2.45) is 0 Å². The van der Waals surface area contributed by atoms with Gasteiger partial charge in [-0.3, -0.25) is 23.7 Å². The standard InChI is InChI=1S/C22H26ClFN3O10P/c1-11(2)34-18(29)12(3)26-38(32,36-14-7-5-13(33-4)6-8-14)37-17-16-21(17,31)22(23,24)19(35-16)27-10-9-15(28)25-20(27)30/h5-12,16-17,19,31H,1-4H3,(H,26,32)(H,25,28,30)/t12-,16+,17?,19+,21-,22-,38?/m0/s1. The Hall–Kier alpha value is -2.74. The minimum Gasteiger partial charge on any atom is -0.497 e. The van der Waals surface area contributed by atoms with Crippen molar-refractivity contribution in [1.82, 2.24) is 14.6 Å². The Morgan fingerprint density at radius 2 is 1.87 bits per heavy atom. The molecule has 208 valence electrons. The van der Waals surface area contributed by atoms with Gasteiger partial charge in [-0.15, -0.1) is 0 Å². The Bertz CT molecular complexity index is 1370. The first-order chi connectivity index (χ1) is 17.7. The van der Waals surface area contributed by atoms with Crippen LogP contribution in [0, 0.1) is 0 Å². The van der Waals surface area contributed by atoms with Crippen molar-refractivity contribution in [3.63, 3.8) is 0 Å². The fourth-order valence-electron chi connectivity index (χ4n) is 3.91. The number of aromatic nitrogens is 2. The summed E-state index contributed by atoms with van der Waals surface area (Å²) in [4.78, 5) is 37.7. The monoisotopic (exact) mass is 577 g/mol. The van der Waals surface area contributed by atoms with E-state index in [0.717, 1.165) is 12.3 Å². The normalized spacial score (nSPS) is 30.3. The van der Waals surface area contributed by atoms with Crippen molar-refractivity contribution < 1.29 is 42.1 Å². The van der Waals surface area contributed by atoms with Gasteiger partial charge in [0, 0.05) is 12.3 Å². The predicted molar refractivity (Wildman–Crippen MR) is 130 cm³/mol. The van der Waals surface area contributed by atoms with Crippen molar-refractivity contribution in [3.05, 3.63) is 57.4 Å². The second kappa shape index (κ2) is 10.1. The minimum absolute atomic E-state index is 0.0276. The van der Waals surface area contributed by atoms with Crippen LogP contribution in [-0.2, 0) is 23.4 Å². The maximum absolute atomic E-state index is 15.8. The van der Waals surface area contributed by atoms with Crippen LogP contribution >= 0.6 is 19.3 Å². The highest BCUT2D eigenvalue weighted by Gasteiger charge is 2.87. The summed E-state index contributed by atoms with van der Waals surface area (Å²) >= 11 is 6.03. The molecule has 0 bridgehead atoms.